The van der Waals surface area contributed by atoms with Gasteiger partial charge in [-0.05, 0) is 12.3 Å². The van der Waals surface area contributed by atoms with Crippen molar-refractivity contribution in [3.63, 3.8) is 0 Å². The van der Waals surface area contributed by atoms with E-state index in [1.165, 1.54) is 0 Å². The van der Waals surface area contributed by atoms with Crippen molar-refractivity contribution in [2.75, 3.05) is 5.73 Å². The minimum absolute atomic E-state index is 0.0845. The summed E-state index contributed by atoms with van der Waals surface area (Å²) in [5, 5.41) is 7.55. The predicted molar refractivity (Wildman–Crippen MR) is 51.2 cm³/mol. The lowest BCUT2D eigenvalue weighted by molar-refractivity contribution is 0.318. The number of anilines is 1. The van der Waals surface area contributed by atoms with Gasteiger partial charge in [0.2, 0.25) is 5.89 Å². The maximum Gasteiger partial charge on any atom is 0.312 e. The Morgan fingerprint density at radius 3 is 2.38 bits per heavy atom. The maximum atomic E-state index is 5.37. The summed E-state index contributed by atoms with van der Waals surface area (Å²) in [6, 6.07) is 0.145. The summed E-state index contributed by atoms with van der Waals surface area (Å²) in [5.41, 5.74) is 5.28. The molecule has 1 aromatic rings. The molecule has 0 saturated carbocycles. The highest BCUT2D eigenvalue weighted by molar-refractivity contribution is 5.09. The predicted octanol–water partition coefficient (Wildman–Crippen LogP) is 1.98. The number of nitrogens with zero attached hydrogens (tertiary/aromatic N) is 2. The van der Waals surface area contributed by atoms with Gasteiger partial charge in [-0.25, -0.2) is 0 Å². The number of aromatic nitrogens is 2. The molecule has 0 amide bonds. The molecule has 0 saturated heterocycles. The molecule has 1 heterocycles. The first-order chi connectivity index (χ1) is 5.92. The number of rotatable bonds is 3. The van der Waals surface area contributed by atoms with Crippen molar-refractivity contribution in [2.24, 2.45) is 5.92 Å². The Hall–Kier alpha value is -1.06. The Bertz CT molecular complexity index is 278. The topological polar surface area (TPSA) is 64.9 Å². The number of hydrogen-bond donors (Lipinski definition) is 1. The molecule has 4 heteroatoms. The molecule has 74 valence electrons. The third kappa shape index (κ3) is 2.44. The summed E-state index contributed by atoms with van der Waals surface area (Å²) in [4.78, 5) is 0. The van der Waals surface area contributed by atoms with E-state index in [1.807, 2.05) is 0 Å². The lowest BCUT2D eigenvalue weighted by Gasteiger charge is -2.21. The van der Waals surface area contributed by atoms with Crippen molar-refractivity contribution in [3.8, 4) is 0 Å². The van der Waals surface area contributed by atoms with Crippen LogP contribution >= 0.6 is 0 Å². The molecular formula is C9H17N3O. The summed E-state index contributed by atoms with van der Waals surface area (Å²) < 4.78 is 5.20. The molecule has 0 unspecified atom stereocenters. The van der Waals surface area contributed by atoms with Crippen molar-refractivity contribution in [1.29, 1.82) is 0 Å². The van der Waals surface area contributed by atoms with Gasteiger partial charge in [-0.1, -0.05) is 32.8 Å². The van der Waals surface area contributed by atoms with Crippen LogP contribution in [0.5, 0.6) is 0 Å². The third-order valence-electron chi connectivity index (χ3n) is 1.94. The van der Waals surface area contributed by atoms with Crippen molar-refractivity contribution < 1.29 is 4.42 Å². The van der Waals surface area contributed by atoms with Gasteiger partial charge in [0.05, 0.1) is 0 Å². The van der Waals surface area contributed by atoms with Gasteiger partial charge in [0, 0.05) is 5.41 Å². The highest BCUT2D eigenvalue weighted by atomic mass is 16.4. The smallest absolute Gasteiger partial charge is 0.312 e. The van der Waals surface area contributed by atoms with Crippen LogP contribution in [-0.4, -0.2) is 10.2 Å². The van der Waals surface area contributed by atoms with E-state index in [0.29, 0.717) is 11.8 Å². The van der Waals surface area contributed by atoms with E-state index in [0.717, 1.165) is 6.42 Å². The average molecular weight is 183 g/mol. The SMILES string of the molecule is CC(C)CC(C)(C)c1nnc(N)o1. The van der Waals surface area contributed by atoms with Gasteiger partial charge in [-0.2, -0.15) is 0 Å². The zero-order chi connectivity index (χ0) is 10.1. The van der Waals surface area contributed by atoms with Crippen molar-refractivity contribution in [2.45, 2.75) is 39.5 Å². The van der Waals surface area contributed by atoms with Crippen LogP contribution in [0.2, 0.25) is 0 Å². The van der Waals surface area contributed by atoms with Gasteiger partial charge in [0.15, 0.2) is 0 Å². The van der Waals surface area contributed by atoms with E-state index in [9.17, 15) is 0 Å². The fourth-order valence-corrected chi connectivity index (χ4v) is 1.62. The Morgan fingerprint density at radius 1 is 1.38 bits per heavy atom. The molecule has 0 radical (unpaired) electrons. The van der Waals surface area contributed by atoms with E-state index in [1.54, 1.807) is 0 Å². The van der Waals surface area contributed by atoms with Gasteiger partial charge in [0.25, 0.3) is 0 Å². The summed E-state index contributed by atoms with van der Waals surface area (Å²) >= 11 is 0. The normalized spacial score (nSPS) is 12.4. The molecule has 1 aromatic heterocycles. The molecular weight excluding hydrogens is 166 g/mol. The first-order valence-corrected chi connectivity index (χ1v) is 4.51. The lowest BCUT2D eigenvalue weighted by Crippen LogP contribution is -2.20. The highest BCUT2D eigenvalue weighted by Crippen LogP contribution is 2.29. The van der Waals surface area contributed by atoms with Crippen LogP contribution in [0.15, 0.2) is 4.42 Å². The van der Waals surface area contributed by atoms with Crippen LogP contribution in [-0.2, 0) is 5.41 Å². The zero-order valence-corrected chi connectivity index (χ0v) is 8.66. The first kappa shape index (κ1) is 10.0. The second-order valence-corrected chi connectivity index (χ2v) is 4.43. The fourth-order valence-electron chi connectivity index (χ4n) is 1.62. The standard InChI is InChI=1S/C9H17N3O/c1-6(2)5-9(3,4)7-11-12-8(10)13-7/h6H,5H2,1-4H3,(H2,10,12). The molecule has 0 aliphatic heterocycles. The van der Waals surface area contributed by atoms with E-state index in [-0.39, 0.29) is 11.4 Å². The zero-order valence-electron chi connectivity index (χ0n) is 8.66. The second kappa shape index (κ2) is 3.36. The molecule has 0 spiro atoms. The van der Waals surface area contributed by atoms with Gasteiger partial charge in [0.1, 0.15) is 0 Å². The minimum Gasteiger partial charge on any atom is -0.408 e. The van der Waals surface area contributed by atoms with Gasteiger partial charge < -0.3 is 10.2 Å². The minimum atomic E-state index is -0.0845. The molecule has 0 aromatic carbocycles. The molecule has 2 N–H and O–H groups in total. The highest BCUT2D eigenvalue weighted by Gasteiger charge is 2.27. The molecule has 0 fully saturated rings. The van der Waals surface area contributed by atoms with Gasteiger partial charge in [-0.3, -0.25) is 0 Å². The van der Waals surface area contributed by atoms with E-state index in [4.69, 9.17) is 10.2 Å². The Balaban J connectivity index is 2.80. The summed E-state index contributed by atoms with van der Waals surface area (Å²) in [6.45, 7) is 8.50. The molecule has 1 rings (SSSR count). The Labute approximate surface area is 78.5 Å². The molecule has 0 aliphatic rings. The number of nitrogens with two attached hydrogens (primary N) is 1. The molecule has 4 nitrogen and oxygen atoms in total. The summed E-state index contributed by atoms with van der Waals surface area (Å²) in [6.07, 6.45) is 1.01. The number of nitrogen functional groups attached to an aromatic ring is 1. The monoisotopic (exact) mass is 183 g/mol. The van der Waals surface area contributed by atoms with Crippen LogP contribution in [0.4, 0.5) is 6.01 Å². The van der Waals surface area contributed by atoms with Crippen molar-refractivity contribution in [1.82, 2.24) is 10.2 Å². The van der Waals surface area contributed by atoms with Crippen LogP contribution in [0, 0.1) is 5.92 Å². The second-order valence-electron chi connectivity index (χ2n) is 4.43. The summed E-state index contributed by atoms with van der Waals surface area (Å²) in [7, 11) is 0. The Kier molecular flexibility index (Phi) is 2.59. The molecule has 0 bridgehead atoms. The quantitative estimate of drug-likeness (QED) is 0.778. The van der Waals surface area contributed by atoms with Crippen LogP contribution in [0.3, 0.4) is 0 Å². The van der Waals surface area contributed by atoms with Crippen LogP contribution < -0.4 is 5.73 Å². The van der Waals surface area contributed by atoms with E-state index < -0.39 is 0 Å². The maximum absolute atomic E-state index is 5.37. The fraction of sp³-hybridized carbons (Fsp3) is 0.778. The van der Waals surface area contributed by atoms with Crippen LogP contribution in [0.25, 0.3) is 0 Å². The van der Waals surface area contributed by atoms with Crippen molar-refractivity contribution in [3.05, 3.63) is 5.89 Å². The largest absolute Gasteiger partial charge is 0.408 e. The van der Waals surface area contributed by atoms with E-state index >= 15 is 0 Å². The van der Waals surface area contributed by atoms with E-state index in [2.05, 4.69) is 37.9 Å². The molecule has 13 heavy (non-hydrogen) atoms. The molecule has 0 aliphatic carbocycles. The van der Waals surface area contributed by atoms with Crippen LogP contribution in [0.1, 0.15) is 40.0 Å². The molecule has 0 atom stereocenters. The van der Waals surface area contributed by atoms with Crippen molar-refractivity contribution >= 4 is 6.01 Å². The Morgan fingerprint density at radius 2 is 2.00 bits per heavy atom. The third-order valence-corrected chi connectivity index (χ3v) is 1.94. The lowest BCUT2D eigenvalue weighted by atomic mass is 9.84. The number of hydrogen-bond acceptors (Lipinski definition) is 4. The van der Waals surface area contributed by atoms with Gasteiger partial charge in [-0.15, -0.1) is 5.10 Å². The average Bonchev–Trinajstić information content (AvgIpc) is 2.32. The van der Waals surface area contributed by atoms with Gasteiger partial charge >= 0.3 is 6.01 Å². The first-order valence-electron chi connectivity index (χ1n) is 4.51. The summed E-state index contributed by atoms with van der Waals surface area (Å²) in [5.74, 6) is 1.22.